The Bertz CT molecular complexity index is 584. The molecule has 0 aliphatic heterocycles. The molecule has 0 spiro atoms. The van der Waals surface area contributed by atoms with E-state index < -0.39 is 7.26 Å². The molecule has 0 saturated carbocycles. The van der Waals surface area contributed by atoms with Crippen molar-refractivity contribution in [3.63, 3.8) is 0 Å². The van der Waals surface area contributed by atoms with Crippen LogP contribution in [0.3, 0.4) is 0 Å². The van der Waals surface area contributed by atoms with Gasteiger partial charge in [0.05, 0.1) is 6.16 Å². The summed E-state index contributed by atoms with van der Waals surface area (Å²) >= 11 is 0. The van der Waals surface area contributed by atoms with E-state index in [2.05, 4.69) is 79.7 Å². The van der Waals surface area contributed by atoms with Crippen molar-refractivity contribution in [3.05, 3.63) is 85.1 Å². The number of benzene rings is 2. The summed E-state index contributed by atoms with van der Waals surface area (Å²) in [6, 6.07) is 27.9. The molecule has 3 aromatic rings. The van der Waals surface area contributed by atoms with E-state index in [1.807, 2.05) is 12.3 Å². The van der Waals surface area contributed by atoms with Crippen LogP contribution in [0.2, 0.25) is 0 Å². The number of rotatable bonds is 4. The van der Waals surface area contributed by atoms with Crippen LogP contribution < -0.4 is 16.0 Å². The molecule has 2 heteroatoms. The van der Waals surface area contributed by atoms with E-state index in [1.54, 1.807) is 0 Å². The van der Waals surface area contributed by atoms with Crippen LogP contribution in [0.15, 0.2) is 85.1 Å². The van der Waals surface area contributed by atoms with Crippen molar-refractivity contribution in [1.29, 1.82) is 0 Å². The molecule has 0 fully saturated rings. The largest absolute Gasteiger partial charge is 0.222 e. The van der Waals surface area contributed by atoms with Gasteiger partial charge in [-0.05, 0) is 37.3 Å². The maximum atomic E-state index is 4.72. The van der Waals surface area contributed by atoms with Crippen molar-refractivity contribution in [3.8, 4) is 0 Å². The summed E-state index contributed by atoms with van der Waals surface area (Å²) in [4.78, 5) is 4.72. The van der Waals surface area contributed by atoms with Crippen LogP contribution in [0.5, 0.6) is 0 Å². The predicted molar refractivity (Wildman–Crippen MR) is 93.5 cm³/mol. The normalized spacial score (nSPS) is 11.3. The highest BCUT2D eigenvalue weighted by Crippen LogP contribution is 2.54. The standard InChI is InChI=1S/C19H19NP/c1-2-21(17-11-5-3-6-12-17,18-13-7-4-8-14-18)19-15-9-10-16-20-19/h3-16H,2H2,1H3/q+1. The van der Waals surface area contributed by atoms with Gasteiger partial charge in [-0.2, -0.15) is 0 Å². The van der Waals surface area contributed by atoms with Crippen LogP contribution in [0.1, 0.15) is 6.92 Å². The molecule has 0 amide bonds. The van der Waals surface area contributed by atoms with Gasteiger partial charge in [0.15, 0.2) is 5.44 Å². The van der Waals surface area contributed by atoms with Gasteiger partial charge in [-0.3, -0.25) is 0 Å². The smallest absolute Gasteiger partial charge is 0.192 e. The molecule has 0 bridgehead atoms. The lowest BCUT2D eigenvalue weighted by Gasteiger charge is -2.24. The first-order chi connectivity index (χ1) is 10.4. The van der Waals surface area contributed by atoms with Gasteiger partial charge in [-0.25, -0.2) is 4.98 Å². The highest BCUT2D eigenvalue weighted by atomic mass is 31.2. The fourth-order valence-corrected chi connectivity index (χ4v) is 6.73. The lowest BCUT2D eigenvalue weighted by atomic mass is 10.4. The van der Waals surface area contributed by atoms with Gasteiger partial charge in [0.25, 0.3) is 0 Å². The molecule has 0 unspecified atom stereocenters. The fraction of sp³-hybridized carbons (Fsp3) is 0.105. The van der Waals surface area contributed by atoms with E-state index >= 15 is 0 Å². The van der Waals surface area contributed by atoms with Crippen molar-refractivity contribution in [2.45, 2.75) is 6.92 Å². The third-order valence-corrected chi connectivity index (χ3v) is 8.26. The highest BCUT2D eigenvalue weighted by Gasteiger charge is 2.44. The van der Waals surface area contributed by atoms with Crippen molar-refractivity contribution in [2.24, 2.45) is 0 Å². The second-order valence-electron chi connectivity index (χ2n) is 4.99. The Morgan fingerprint density at radius 3 is 1.67 bits per heavy atom. The van der Waals surface area contributed by atoms with E-state index in [-0.39, 0.29) is 0 Å². The van der Waals surface area contributed by atoms with Gasteiger partial charge in [0.2, 0.25) is 0 Å². The molecule has 0 aliphatic carbocycles. The lowest BCUT2D eigenvalue weighted by molar-refractivity contribution is 1.37. The van der Waals surface area contributed by atoms with Gasteiger partial charge in [0, 0.05) is 12.3 Å². The Kier molecular flexibility index (Phi) is 4.13. The number of aromatic nitrogens is 1. The summed E-state index contributed by atoms with van der Waals surface area (Å²) < 4.78 is 0. The first kappa shape index (κ1) is 14.0. The molecule has 2 aromatic carbocycles. The van der Waals surface area contributed by atoms with E-state index in [0.717, 1.165) is 6.16 Å². The Morgan fingerprint density at radius 1 is 0.714 bits per heavy atom. The topological polar surface area (TPSA) is 12.9 Å². The molecule has 3 rings (SSSR count). The predicted octanol–water partition coefficient (Wildman–Crippen LogP) is 3.40. The highest BCUT2D eigenvalue weighted by molar-refractivity contribution is 7.95. The van der Waals surface area contributed by atoms with Crippen molar-refractivity contribution < 1.29 is 0 Å². The second-order valence-corrected chi connectivity index (χ2v) is 8.73. The van der Waals surface area contributed by atoms with Gasteiger partial charge in [-0.1, -0.05) is 42.5 Å². The summed E-state index contributed by atoms with van der Waals surface area (Å²) in [5, 5.41) is 2.80. The summed E-state index contributed by atoms with van der Waals surface area (Å²) in [5.41, 5.74) is 1.21. The number of pyridine rings is 1. The minimum atomic E-state index is -1.65. The molecule has 1 nitrogen and oxygen atoms in total. The fourth-order valence-electron chi connectivity index (χ4n) is 2.89. The number of hydrogen-bond acceptors (Lipinski definition) is 1. The monoisotopic (exact) mass is 292 g/mol. The minimum absolute atomic E-state index is 1.08. The summed E-state index contributed by atoms with van der Waals surface area (Å²) in [5.74, 6) is 0. The zero-order valence-corrected chi connectivity index (χ0v) is 13.1. The molecule has 21 heavy (non-hydrogen) atoms. The molecule has 0 N–H and O–H groups in total. The molecule has 0 aliphatic rings. The van der Waals surface area contributed by atoms with Crippen LogP contribution in [0.4, 0.5) is 0 Å². The Balaban J connectivity index is 2.29. The molecule has 0 saturated heterocycles. The van der Waals surface area contributed by atoms with Crippen LogP contribution in [-0.4, -0.2) is 11.1 Å². The molecule has 1 heterocycles. The quantitative estimate of drug-likeness (QED) is 0.672. The third-order valence-electron chi connectivity index (χ3n) is 3.91. The maximum absolute atomic E-state index is 4.72. The molecule has 1 aromatic heterocycles. The average molecular weight is 292 g/mol. The van der Waals surface area contributed by atoms with Crippen LogP contribution in [0, 0.1) is 0 Å². The van der Waals surface area contributed by atoms with Gasteiger partial charge >= 0.3 is 0 Å². The summed E-state index contributed by atoms with van der Waals surface area (Å²) in [6.45, 7) is 2.28. The SMILES string of the molecule is CC[P+](c1ccccc1)(c1ccccc1)c1ccccn1. The molecular weight excluding hydrogens is 273 g/mol. The number of nitrogens with zero attached hydrogens (tertiary/aromatic N) is 1. The minimum Gasteiger partial charge on any atom is -0.222 e. The van der Waals surface area contributed by atoms with E-state index in [9.17, 15) is 0 Å². The summed E-state index contributed by atoms with van der Waals surface area (Å²) in [7, 11) is -1.65. The second kappa shape index (κ2) is 6.20. The van der Waals surface area contributed by atoms with Crippen LogP contribution in [0.25, 0.3) is 0 Å². The Morgan fingerprint density at radius 2 is 1.24 bits per heavy atom. The van der Waals surface area contributed by atoms with E-state index in [1.165, 1.54) is 16.0 Å². The van der Waals surface area contributed by atoms with Crippen molar-refractivity contribution >= 4 is 23.3 Å². The van der Waals surface area contributed by atoms with Crippen molar-refractivity contribution in [2.75, 3.05) is 6.16 Å². The summed E-state index contributed by atoms with van der Waals surface area (Å²) in [6.07, 6.45) is 2.99. The lowest BCUT2D eigenvalue weighted by Crippen LogP contribution is -2.34. The molecule has 0 atom stereocenters. The zero-order chi connectivity index (χ0) is 14.5. The third kappa shape index (κ3) is 2.50. The first-order valence-corrected chi connectivity index (χ1v) is 9.26. The first-order valence-electron chi connectivity index (χ1n) is 7.29. The van der Waals surface area contributed by atoms with Crippen LogP contribution >= 0.6 is 7.26 Å². The Hall–Kier alpha value is -1.98. The van der Waals surface area contributed by atoms with E-state index in [0.29, 0.717) is 0 Å². The van der Waals surface area contributed by atoms with E-state index in [4.69, 9.17) is 4.98 Å². The van der Waals surface area contributed by atoms with Crippen molar-refractivity contribution in [1.82, 2.24) is 4.98 Å². The van der Waals surface area contributed by atoms with Gasteiger partial charge in [0.1, 0.15) is 17.9 Å². The van der Waals surface area contributed by atoms with Crippen LogP contribution in [-0.2, 0) is 0 Å². The van der Waals surface area contributed by atoms with Gasteiger partial charge in [-0.15, -0.1) is 0 Å². The maximum Gasteiger partial charge on any atom is 0.192 e. The Labute approximate surface area is 127 Å². The zero-order valence-electron chi connectivity index (χ0n) is 12.2. The molecular formula is C19H19NP+. The molecule has 104 valence electrons. The number of hydrogen-bond donors (Lipinski definition) is 0. The average Bonchev–Trinajstić information content (AvgIpc) is 2.59. The molecule has 0 radical (unpaired) electrons. The van der Waals surface area contributed by atoms with Gasteiger partial charge < -0.3 is 0 Å².